The van der Waals surface area contributed by atoms with E-state index in [9.17, 15) is 0 Å². The van der Waals surface area contributed by atoms with Crippen LogP contribution < -0.4 is 0 Å². The van der Waals surface area contributed by atoms with E-state index in [0.717, 1.165) is 6.42 Å². The molecule has 0 radical (unpaired) electrons. The highest BCUT2D eigenvalue weighted by molar-refractivity contribution is 5.16. The van der Waals surface area contributed by atoms with Crippen LogP contribution in [0.1, 0.15) is 66.2 Å². The summed E-state index contributed by atoms with van der Waals surface area (Å²) < 4.78 is 0. The molecule has 0 saturated heterocycles. The fraction of sp³-hybridized carbons (Fsp3) is 0.625. The SMILES string of the molecule is C=CC/C(=C/C)CCC(CC)=C(CC)CC. The van der Waals surface area contributed by atoms with E-state index in [4.69, 9.17) is 0 Å². The summed E-state index contributed by atoms with van der Waals surface area (Å²) in [6.45, 7) is 12.8. The third-order valence-electron chi connectivity index (χ3n) is 3.34. The van der Waals surface area contributed by atoms with Crippen LogP contribution in [0.25, 0.3) is 0 Å². The maximum absolute atomic E-state index is 3.81. The van der Waals surface area contributed by atoms with Crippen LogP contribution in [0.5, 0.6) is 0 Å². The normalized spacial score (nSPS) is 11.4. The summed E-state index contributed by atoms with van der Waals surface area (Å²) in [4.78, 5) is 0. The first-order valence-corrected chi connectivity index (χ1v) is 6.68. The predicted molar refractivity (Wildman–Crippen MR) is 75.7 cm³/mol. The van der Waals surface area contributed by atoms with E-state index in [0.29, 0.717) is 0 Å². The molecule has 0 atom stereocenters. The van der Waals surface area contributed by atoms with Crippen LogP contribution in [-0.4, -0.2) is 0 Å². The van der Waals surface area contributed by atoms with Crippen molar-refractivity contribution in [1.82, 2.24) is 0 Å². The first-order valence-electron chi connectivity index (χ1n) is 6.68. The van der Waals surface area contributed by atoms with Gasteiger partial charge in [0.15, 0.2) is 0 Å². The Hall–Kier alpha value is -0.780. The van der Waals surface area contributed by atoms with Gasteiger partial charge in [-0.15, -0.1) is 6.58 Å². The van der Waals surface area contributed by atoms with Crippen molar-refractivity contribution < 1.29 is 0 Å². The molecule has 0 aliphatic carbocycles. The zero-order valence-corrected chi connectivity index (χ0v) is 11.6. The fourth-order valence-corrected chi connectivity index (χ4v) is 2.21. The van der Waals surface area contributed by atoms with E-state index in [-0.39, 0.29) is 0 Å². The highest BCUT2D eigenvalue weighted by Crippen LogP contribution is 2.23. The molecule has 0 bridgehead atoms. The molecular formula is C16H28. The van der Waals surface area contributed by atoms with Crippen molar-refractivity contribution in [1.29, 1.82) is 0 Å². The molecular weight excluding hydrogens is 192 g/mol. The Balaban J connectivity index is 4.44. The minimum absolute atomic E-state index is 1.04. The lowest BCUT2D eigenvalue weighted by Crippen LogP contribution is -1.92. The first kappa shape index (κ1) is 15.2. The van der Waals surface area contributed by atoms with Crippen molar-refractivity contribution in [2.45, 2.75) is 66.2 Å². The molecule has 0 heteroatoms. The summed E-state index contributed by atoms with van der Waals surface area (Å²) in [5, 5.41) is 0. The van der Waals surface area contributed by atoms with Gasteiger partial charge >= 0.3 is 0 Å². The van der Waals surface area contributed by atoms with E-state index in [1.807, 2.05) is 6.08 Å². The second kappa shape index (κ2) is 9.45. The van der Waals surface area contributed by atoms with Crippen molar-refractivity contribution in [3.63, 3.8) is 0 Å². The van der Waals surface area contributed by atoms with Gasteiger partial charge in [-0.3, -0.25) is 0 Å². The second-order valence-electron chi connectivity index (χ2n) is 4.21. The summed E-state index contributed by atoms with van der Waals surface area (Å²) >= 11 is 0. The van der Waals surface area contributed by atoms with Gasteiger partial charge in [0.05, 0.1) is 0 Å². The van der Waals surface area contributed by atoms with Crippen molar-refractivity contribution >= 4 is 0 Å². The van der Waals surface area contributed by atoms with Gasteiger partial charge in [0.2, 0.25) is 0 Å². The van der Waals surface area contributed by atoms with Gasteiger partial charge in [0, 0.05) is 0 Å². The Morgan fingerprint density at radius 1 is 0.938 bits per heavy atom. The van der Waals surface area contributed by atoms with Gasteiger partial charge in [-0.25, -0.2) is 0 Å². The lowest BCUT2D eigenvalue weighted by Gasteiger charge is -2.12. The van der Waals surface area contributed by atoms with Crippen LogP contribution >= 0.6 is 0 Å². The molecule has 16 heavy (non-hydrogen) atoms. The van der Waals surface area contributed by atoms with E-state index < -0.39 is 0 Å². The summed E-state index contributed by atoms with van der Waals surface area (Å²) in [7, 11) is 0. The third kappa shape index (κ3) is 5.34. The molecule has 92 valence electrons. The largest absolute Gasteiger partial charge is 0.103 e. The zero-order valence-electron chi connectivity index (χ0n) is 11.6. The molecule has 0 rings (SSSR count). The molecule has 0 aromatic heterocycles. The Bertz CT molecular complexity index is 247. The Morgan fingerprint density at radius 3 is 1.88 bits per heavy atom. The highest BCUT2D eigenvalue weighted by atomic mass is 14.1. The van der Waals surface area contributed by atoms with Crippen LogP contribution in [0.4, 0.5) is 0 Å². The minimum Gasteiger partial charge on any atom is -0.103 e. The summed E-state index contributed by atoms with van der Waals surface area (Å²) in [6, 6.07) is 0. The topological polar surface area (TPSA) is 0 Å². The molecule has 0 saturated carbocycles. The van der Waals surface area contributed by atoms with Gasteiger partial charge in [0.1, 0.15) is 0 Å². The molecule has 0 aliphatic rings. The van der Waals surface area contributed by atoms with Gasteiger partial charge in [-0.1, -0.05) is 49.6 Å². The second-order valence-corrected chi connectivity index (χ2v) is 4.21. The highest BCUT2D eigenvalue weighted by Gasteiger charge is 2.03. The van der Waals surface area contributed by atoms with Gasteiger partial charge in [-0.05, 0) is 45.4 Å². The molecule has 0 aromatic carbocycles. The van der Waals surface area contributed by atoms with E-state index in [2.05, 4.69) is 40.3 Å². The fourth-order valence-electron chi connectivity index (χ4n) is 2.21. The molecule has 0 amide bonds. The molecule has 0 aromatic rings. The summed E-state index contributed by atoms with van der Waals surface area (Å²) in [6.07, 6.45) is 11.4. The maximum Gasteiger partial charge on any atom is -0.0142 e. The van der Waals surface area contributed by atoms with Crippen LogP contribution in [0, 0.1) is 0 Å². The van der Waals surface area contributed by atoms with Crippen molar-refractivity contribution in [2.24, 2.45) is 0 Å². The van der Waals surface area contributed by atoms with Crippen LogP contribution in [-0.2, 0) is 0 Å². The van der Waals surface area contributed by atoms with Gasteiger partial charge < -0.3 is 0 Å². The standard InChI is InChI=1S/C16H28/c1-6-11-14(7-2)12-13-16(10-5)15(8-3)9-4/h6-7H,1,8-13H2,2-5H3/b14-7-. The Morgan fingerprint density at radius 2 is 1.50 bits per heavy atom. The van der Waals surface area contributed by atoms with Gasteiger partial charge in [0.25, 0.3) is 0 Å². The smallest absolute Gasteiger partial charge is 0.0142 e. The van der Waals surface area contributed by atoms with E-state index in [1.165, 1.54) is 37.7 Å². The monoisotopic (exact) mass is 220 g/mol. The lowest BCUT2D eigenvalue weighted by atomic mass is 9.94. The van der Waals surface area contributed by atoms with Crippen molar-refractivity contribution in [2.75, 3.05) is 0 Å². The maximum atomic E-state index is 3.81. The summed E-state index contributed by atoms with van der Waals surface area (Å²) in [5.41, 5.74) is 4.86. The molecule has 0 spiro atoms. The molecule has 0 aliphatic heterocycles. The predicted octanol–water partition coefficient (Wildman–Crippen LogP) is 5.82. The molecule has 0 nitrogen and oxygen atoms in total. The molecule has 0 unspecified atom stereocenters. The number of hydrogen-bond donors (Lipinski definition) is 0. The van der Waals surface area contributed by atoms with E-state index >= 15 is 0 Å². The van der Waals surface area contributed by atoms with Crippen molar-refractivity contribution in [3.05, 3.63) is 35.5 Å². The quantitative estimate of drug-likeness (QED) is 0.452. The molecule has 0 N–H and O–H groups in total. The van der Waals surface area contributed by atoms with Crippen LogP contribution in [0.2, 0.25) is 0 Å². The average Bonchev–Trinajstić information content (AvgIpc) is 2.32. The van der Waals surface area contributed by atoms with Crippen molar-refractivity contribution in [3.8, 4) is 0 Å². The number of allylic oxidation sites excluding steroid dienone is 5. The number of hydrogen-bond acceptors (Lipinski definition) is 0. The molecule has 0 fully saturated rings. The first-order chi connectivity index (χ1) is 7.73. The van der Waals surface area contributed by atoms with Gasteiger partial charge in [-0.2, -0.15) is 0 Å². The van der Waals surface area contributed by atoms with E-state index in [1.54, 1.807) is 11.1 Å². The summed E-state index contributed by atoms with van der Waals surface area (Å²) in [5.74, 6) is 0. The minimum atomic E-state index is 1.04. The average molecular weight is 220 g/mol. The van der Waals surface area contributed by atoms with Crippen LogP contribution in [0.3, 0.4) is 0 Å². The van der Waals surface area contributed by atoms with Crippen LogP contribution in [0.15, 0.2) is 35.5 Å². The number of rotatable bonds is 8. The lowest BCUT2D eigenvalue weighted by molar-refractivity contribution is 0.806. The Kier molecular flexibility index (Phi) is 8.99. The zero-order chi connectivity index (χ0) is 12.4. The third-order valence-corrected chi connectivity index (χ3v) is 3.34. The Labute approximate surface area is 102 Å². The molecule has 0 heterocycles.